The molecule has 0 saturated carbocycles. The highest BCUT2D eigenvalue weighted by Crippen LogP contribution is 2.26. The fraction of sp³-hybridized carbons (Fsp3) is 0.462. The summed E-state index contributed by atoms with van der Waals surface area (Å²) in [6, 6.07) is 4.71. The second-order valence-corrected chi connectivity index (χ2v) is 6.94. The van der Waals surface area contributed by atoms with Gasteiger partial charge in [0.25, 0.3) is 0 Å². The number of halogens is 1. The number of nitrogens with one attached hydrogen (secondary N) is 2. The molecule has 0 spiro atoms. The smallest absolute Gasteiger partial charge is 0.244 e. The summed E-state index contributed by atoms with van der Waals surface area (Å²) in [7, 11) is -2.32. The third-order valence-electron chi connectivity index (χ3n) is 2.63. The number of ether oxygens (including phenoxy) is 1. The highest BCUT2D eigenvalue weighted by Gasteiger charge is 2.19. The minimum atomic E-state index is -3.73. The zero-order valence-electron chi connectivity index (χ0n) is 12.0. The van der Waals surface area contributed by atoms with Crippen molar-refractivity contribution in [1.29, 1.82) is 0 Å². The van der Waals surface area contributed by atoms with E-state index in [1.54, 1.807) is 12.1 Å². The largest absolute Gasteiger partial charge is 0.495 e. The summed E-state index contributed by atoms with van der Waals surface area (Å²) in [6.07, 6.45) is 0.933. The molecule has 8 heteroatoms. The van der Waals surface area contributed by atoms with Gasteiger partial charge in [0.15, 0.2) is 0 Å². The molecule has 1 rings (SSSR count). The van der Waals surface area contributed by atoms with E-state index in [1.165, 1.54) is 13.2 Å². The maximum Gasteiger partial charge on any atom is 0.244 e. The van der Waals surface area contributed by atoms with Crippen molar-refractivity contribution in [1.82, 2.24) is 10.0 Å². The molecule has 0 aliphatic rings. The lowest BCUT2D eigenvalue weighted by Crippen LogP contribution is -2.31. The predicted molar refractivity (Wildman–Crippen MR) is 83.8 cm³/mol. The molecule has 21 heavy (non-hydrogen) atoms. The van der Waals surface area contributed by atoms with Gasteiger partial charge in [-0.25, -0.2) is 13.1 Å². The summed E-state index contributed by atoms with van der Waals surface area (Å²) in [5.41, 5.74) is 0. The van der Waals surface area contributed by atoms with Gasteiger partial charge in [-0.15, -0.1) is 0 Å². The molecule has 2 N–H and O–H groups in total. The molecule has 0 heterocycles. The van der Waals surface area contributed by atoms with Crippen LogP contribution in [0.1, 0.15) is 19.8 Å². The van der Waals surface area contributed by atoms with Crippen LogP contribution >= 0.6 is 15.9 Å². The highest BCUT2D eigenvalue weighted by atomic mass is 79.9. The molecule has 0 radical (unpaired) electrons. The number of sulfonamides is 1. The quantitative estimate of drug-likeness (QED) is 0.720. The molecule has 0 aliphatic heterocycles. The van der Waals surface area contributed by atoms with Gasteiger partial charge in [0.2, 0.25) is 15.9 Å². The molecule has 118 valence electrons. The highest BCUT2D eigenvalue weighted by molar-refractivity contribution is 9.10. The zero-order valence-corrected chi connectivity index (χ0v) is 14.4. The van der Waals surface area contributed by atoms with Crippen LogP contribution in [0.5, 0.6) is 5.75 Å². The monoisotopic (exact) mass is 378 g/mol. The number of hydrogen-bond donors (Lipinski definition) is 2. The van der Waals surface area contributed by atoms with Crippen LogP contribution in [0.3, 0.4) is 0 Å². The first-order valence-electron chi connectivity index (χ1n) is 6.50. The fourth-order valence-corrected chi connectivity index (χ4v) is 3.33. The molecule has 0 bridgehead atoms. The molecule has 1 amide bonds. The van der Waals surface area contributed by atoms with Crippen LogP contribution in [-0.4, -0.2) is 34.5 Å². The van der Waals surface area contributed by atoms with Crippen LogP contribution in [0, 0.1) is 0 Å². The van der Waals surface area contributed by atoms with Crippen LogP contribution in [0.25, 0.3) is 0 Å². The second-order valence-electron chi connectivity index (χ2n) is 4.29. The maximum absolute atomic E-state index is 12.2. The molecule has 1 aromatic rings. The van der Waals surface area contributed by atoms with Crippen LogP contribution in [0.15, 0.2) is 27.6 Å². The lowest BCUT2D eigenvalue weighted by Gasteiger charge is -2.11. The Hall–Kier alpha value is -1.12. The summed E-state index contributed by atoms with van der Waals surface area (Å²) >= 11 is 3.23. The van der Waals surface area contributed by atoms with Gasteiger partial charge in [0.05, 0.1) is 7.11 Å². The van der Waals surface area contributed by atoms with Crippen molar-refractivity contribution in [2.75, 3.05) is 20.2 Å². The van der Waals surface area contributed by atoms with Crippen molar-refractivity contribution in [2.24, 2.45) is 0 Å². The molecule has 0 atom stereocenters. The number of hydrogen-bond acceptors (Lipinski definition) is 4. The van der Waals surface area contributed by atoms with Crippen LogP contribution in [-0.2, 0) is 14.8 Å². The summed E-state index contributed by atoms with van der Waals surface area (Å²) in [5.74, 6) is 0.0712. The van der Waals surface area contributed by atoms with E-state index < -0.39 is 10.0 Å². The Labute approximate surface area is 133 Å². The summed E-state index contributed by atoms with van der Waals surface area (Å²) in [4.78, 5) is 11.5. The first-order chi connectivity index (χ1) is 9.90. The molecular formula is C13H19BrN2O4S. The molecule has 6 nitrogen and oxygen atoms in total. The predicted octanol–water partition coefficient (Wildman–Crippen LogP) is 1.65. The standard InChI is InChI=1S/C13H19BrN2O4S/c1-3-7-15-13(17)6-8-16-21(18,19)12-9-10(14)4-5-11(12)20-2/h4-5,9,16H,3,6-8H2,1-2H3,(H,15,17). The molecule has 0 aromatic heterocycles. The van der Waals surface area contributed by atoms with Gasteiger partial charge in [-0.3, -0.25) is 4.79 Å². The van der Waals surface area contributed by atoms with Crippen molar-refractivity contribution < 1.29 is 17.9 Å². The van der Waals surface area contributed by atoms with Crippen molar-refractivity contribution in [2.45, 2.75) is 24.7 Å². The topological polar surface area (TPSA) is 84.5 Å². The van der Waals surface area contributed by atoms with Crippen molar-refractivity contribution >= 4 is 31.9 Å². The second kappa shape index (κ2) is 8.35. The Morgan fingerprint density at radius 2 is 2.05 bits per heavy atom. The summed E-state index contributed by atoms with van der Waals surface area (Å²) < 4.78 is 32.5. The Kier molecular flexibility index (Phi) is 7.13. The first kappa shape index (κ1) is 17.9. The number of carbonyl (C=O) groups is 1. The number of amides is 1. The van der Waals surface area contributed by atoms with Crippen LogP contribution < -0.4 is 14.8 Å². The summed E-state index contributed by atoms with van der Waals surface area (Å²) in [5, 5.41) is 2.68. The minimum Gasteiger partial charge on any atom is -0.495 e. The van der Waals surface area contributed by atoms with E-state index in [0.29, 0.717) is 11.0 Å². The molecule has 1 aromatic carbocycles. The van der Waals surface area contributed by atoms with E-state index >= 15 is 0 Å². The van der Waals surface area contributed by atoms with Crippen LogP contribution in [0.4, 0.5) is 0 Å². The average Bonchev–Trinajstić information content (AvgIpc) is 2.44. The van der Waals surface area contributed by atoms with Crippen LogP contribution in [0.2, 0.25) is 0 Å². The van der Waals surface area contributed by atoms with Crippen molar-refractivity contribution in [3.63, 3.8) is 0 Å². The normalized spacial score (nSPS) is 11.2. The van der Waals surface area contributed by atoms with E-state index in [2.05, 4.69) is 26.0 Å². The maximum atomic E-state index is 12.2. The number of carbonyl (C=O) groups excluding carboxylic acids is 1. The molecule has 0 aliphatic carbocycles. The molecule has 0 saturated heterocycles. The zero-order chi connectivity index (χ0) is 15.9. The third kappa shape index (κ3) is 5.64. The molecule has 0 fully saturated rings. The van der Waals surface area contributed by atoms with E-state index in [0.717, 1.165) is 6.42 Å². The van der Waals surface area contributed by atoms with Gasteiger partial charge in [0.1, 0.15) is 10.6 Å². The van der Waals surface area contributed by atoms with Gasteiger partial charge in [-0.2, -0.15) is 0 Å². The molecule has 0 unspecified atom stereocenters. The third-order valence-corrected chi connectivity index (χ3v) is 4.61. The number of benzene rings is 1. The van der Waals surface area contributed by atoms with Gasteiger partial charge >= 0.3 is 0 Å². The Bertz CT molecular complexity index is 590. The number of methoxy groups -OCH3 is 1. The number of rotatable bonds is 8. The SMILES string of the molecule is CCCNC(=O)CCNS(=O)(=O)c1cc(Br)ccc1OC. The fourth-order valence-electron chi connectivity index (χ4n) is 1.59. The van der Waals surface area contributed by atoms with E-state index in [9.17, 15) is 13.2 Å². The molecular weight excluding hydrogens is 360 g/mol. The lowest BCUT2D eigenvalue weighted by molar-refractivity contribution is -0.120. The van der Waals surface area contributed by atoms with E-state index in [1.807, 2.05) is 6.92 Å². The lowest BCUT2D eigenvalue weighted by atomic mass is 10.3. The first-order valence-corrected chi connectivity index (χ1v) is 8.78. The summed E-state index contributed by atoms with van der Waals surface area (Å²) in [6.45, 7) is 2.57. The Morgan fingerprint density at radius 3 is 2.67 bits per heavy atom. The van der Waals surface area contributed by atoms with E-state index in [-0.39, 0.29) is 29.5 Å². The minimum absolute atomic E-state index is 0.0353. The average molecular weight is 379 g/mol. The van der Waals surface area contributed by atoms with Gasteiger partial charge in [-0.1, -0.05) is 22.9 Å². The van der Waals surface area contributed by atoms with Gasteiger partial charge in [0, 0.05) is 24.0 Å². The van der Waals surface area contributed by atoms with Crippen molar-refractivity contribution in [3.8, 4) is 5.75 Å². The van der Waals surface area contributed by atoms with Crippen molar-refractivity contribution in [3.05, 3.63) is 22.7 Å². The van der Waals surface area contributed by atoms with Gasteiger partial charge < -0.3 is 10.1 Å². The van der Waals surface area contributed by atoms with Gasteiger partial charge in [-0.05, 0) is 24.6 Å². The Morgan fingerprint density at radius 1 is 1.33 bits per heavy atom. The van der Waals surface area contributed by atoms with E-state index in [4.69, 9.17) is 4.74 Å². The Balaban J connectivity index is 2.70.